The van der Waals surface area contributed by atoms with E-state index in [1.807, 2.05) is 48.5 Å². The zero-order chi connectivity index (χ0) is 20.5. The standard InChI is InChI=1S/C18H30N2O2.C6H6/c1-4-8-16(9-5-2)20-13-7-11-15-10-6-12-17(14-15)22-18(21)19-3;1-2-4-6-5-3-1/h6,10,12,14,16,20H,4-5,7-9,11,13H2,1-3H3,(H,19,21);1-6H. The SMILES string of the molecule is CCCC(CCC)NCCCc1cccc(OC(=O)NC)c1.c1ccccc1. The largest absolute Gasteiger partial charge is 0.412 e. The first-order valence-corrected chi connectivity index (χ1v) is 10.4. The van der Waals surface area contributed by atoms with E-state index < -0.39 is 6.09 Å². The molecule has 2 N–H and O–H groups in total. The van der Waals surface area contributed by atoms with Gasteiger partial charge in [-0.25, -0.2) is 4.79 Å². The second-order valence-corrected chi connectivity index (χ2v) is 6.77. The molecule has 0 bridgehead atoms. The molecule has 28 heavy (non-hydrogen) atoms. The molecule has 4 heteroatoms. The first-order valence-electron chi connectivity index (χ1n) is 10.4. The van der Waals surface area contributed by atoms with Crippen molar-refractivity contribution in [2.75, 3.05) is 13.6 Å². The van der Waals surface area contributed by atoms with Gasteiger partial charge in [-0.3, -0.25) is 0 Å². The second-order valence-electron chi connectivity index (χ2n) is 6.77. The average molecular weight is 385 g/mol. The van der Waals surface area contributed by atoms with Crippen LogP contribution in [0.15, 0.2) is 60.7 Å². The molecule has 2 aromatic rings. The van der Waals surface area contributed by atoms with Crippen molar-refractivity contribution in [2.45, 2.75) is 58.4 Å². The fraction of sp³-hybridized carbons (Fsp3) is 0.458. The van der Waals surface area contributed by atoms with Gasteiger partial charge in [0.05, 0.1) is 0 Å². The lowest BCUT2D eigenvalue weighted by atomic mass is 10.1. The maximum Gasteiger partial charge on any atom is 0.412 e. The van der Waals surface area contributed by atoms with E-state index >= 15 is 0 Å². The molecule has 0 fully saturated rings. The zero-order valence-corrected chi connectivity index (χ0v) is 17.6. The van der Waals surface area contributed by atoms with Crippen molar-refractivity contribution in [3.8, 4) is 5.75 Å². The van der Waals surface area contributed by atoms with Crippen molar-refractivity contribution in [3.05, 3.63) is 66.2 Å². The quantitative estimate of drug-likeness (QED) is 0.526. The molecule has 4 nitrogen and oxygen atoms in total. The molecule has 154 valence electrons. The summed E-state index contributed by atoms with van der Waals surface area (Å²) in [6.45, 7) is 5.51. The molecule has 0 saturated carbocycles. The number of nitrogens with one attached hydrogen (secondary N) is 2. The molecule has 0 saturated heterocycles. The van der Waals surface area contributed by atoms with E-state index in [9.17, 15) is 4.79 Å². The first-order chi connectivity index (χ1) is 13.7. The van der Waals surface area contributed by atoms with Crippen LogP contribution < -0.4 is 15.4 Å². The Balaban J connectivity index is 0.000000552. The molecule has 0 radical (unpaired) electrons. The van der Waals surface area contributed by atoms with E-state index in [-0.39, 0.29) is 0 Å². The molecular weight excluding hydrogens is 348 g/mol. The Bertz CT molecular complexity index is 599. The van der Waals surface area contributed by atoms with Crippen LogP contribution in [0.5, 0.6) is 5.75 Å². The highest BCUT2D eigenvalue weighted by molar-refractivity contribution is 5.69. The molecule has 0 spiro atoms. The number of benzene rings is 2. The number of carbonyl (C=O) groups is 1. The third-order valence-corrected chi connectivity index (χ3v) is 4.33. The summed E-state index contributed by atoms with van der Waals surface area (Å²) in [5.74, 6) is 0.597. The molecule has 0 heterocycles. The fourth-order valence-electron chi connectivity index (χ4n) is 2.95. The maximum absolute atomic E-state index is 11.2. The van der Waals surface area contributed by atoms with Crippen molar-refractivity contribution in [1.82, 2.24) is 10.6 Å². The zero-order valence-electron chi connectivity index (χ0n) is 17.6. The van der Waals surface area contributed by atoms with Crippen LogP contribution in [0, 0.1) is 0 Å². The van der Waals surface area contributed by atoms with Gasteiger partial charge in [0.15, 0.2) is 0 Å². The van der Waals surface area contributed by atoms with Crippen molar-refractivity contribution in [2.24, 2.45) is 0 Å². The summed E-state index contributed by atoms with van der Waals surface area (Å²) in [4.78, 5) is 11.2. The van der Waals surface area contributed by atoms with E-state index in [2.05, 4.69) is 30.5 Å². The first kappa shape index (κ1) is 23.7. The molecule has 0 atom stereocenters. The lowest BCUT2D eigenvalue weighted by Crippen LogP contribution is -2.29. The normalized spacial score (nSPS) is 10.1. The van der Waals surface area contributed by atoms with Gasteiger partial charge >= 0.3 is 6.09 Å². The predicted molar refractivity (Wildman–Crippen MR) is 118 cm³/mol. The molecule has 0 unspecified atom stereocenters. The molecule has 0 aliphatic rings. The van der Waals surface area contributed by atoms with Gasteiger partial charge in [-0.15, -0.1) is 0 Å². The van der Waals surface area contributed by atoms with Crippen molar-refractivity contribution < 1.29 is 9.53 Å². The lowest BCUT2D eigenvalue weighted by Gasteiger charge is -2.17. The van der Waals surface area contributed by atoms with Crippen molar-refractivity contribution in [3.63, 3.8) is 0 Å². The van der Waals surface area contributed by atoms with E-state index in [1.165, 1.54) is 31.2 Å². The summed E-state index contributed by atoms with van der Waals surface area (Å²) in [6.07, 6.45) is 6.62. The van der Waals surface area contributed by atoms with Crippen LogP contribution in [0.2, 0.25) is 0 Å². The Hall–Kier alpha value is -2.33. The van der Waals surface area contributed by atoms with Crippen LogP contribution in [0.1, 0.15) is 51.5 Å². The summed E-state index contributed by atoms with van der Waals surface area (Å²) >= 11 is 0. The van der Waals surface area contributed by atoms with E-state index in [0.29, 0.717) is 11.8 Å². The molecule has 2 rings (SSSR count). The van der Waals surface area contributed by atoms with E-state index in [0.717, 1.165) is 19.4 Å². The van der Waals surface area contributed by atoms with Crippen molar-refractivity contribution >= 4 is 6.09 Å². The van der Waals surface area contributed by atoms with E-state index in [1.54, 1.807) is 13.1 Å². The highest BCUT2D eigenvalue weighted by Crippen LogP contribution is 2.15. The van der Waals surface area contributed by atoms with Crippen LogP contribution in [-0.2, 0) is 6.42 Å². The number of carbonyl (C=O) groups excluding carboxylic acids is 1. The number of aryl methyl sites for hydroxylation is 1. The van der Waals surface area contributed by atoms with Gasteiger partial charge in [0.2, 0.25) is 0 Å². The number of rotatable bonds is 10. The number of hydrogen-bond acceptors (Lipinski definition) is 3. The van der Waals surface area contributed by atoms with Crippen LogP contribution in [-0.4, -0.2) is 25.7 Å². The van der Waals surface area contributed by atoms with Gasteiger partial charge < -0.3 is 15.4 Å². The summed E-state index contributed by atoms with van der Waals surface area (Å²) < 4.78 is 5.15. The second kappa shape index (κ2) is 15.7. The molecule has 0 aliphatic carbocycles. The summed E-state index contributed by atoms with van der Waals surface area (Å²) in [5, 5.41) is 6.10. The Kier molecular flexibility index (Phi) is 13.3. The number of amides is 1. The highest BCUT2D eigenvalue weighted by atomic mass is 16.5. The molecular formula is C24H36N2O2. The molecule has 0 aromatic heterocycles. The maximum atomic E-state index is 11.2. The smallest absolute Gasteiger partial charge is 0.410 e. The highest BCUT2D eigenvalue weighted by Gasteiger charge is 2.06. The third-order valence-electron chi connectivity index (χ3n) is 4.33. The molecule has 0 aliphatic heterocycles. The minimum absolute atomic E-state index is 0.430. The van der Waals surface area contributed by atoms with Gasteiger partial charge in [0.25, 0.3) is 0 Å². The van der Waals surface area contributed by atoms with Crippen LogP contribution in [0.4, 0.5) is 4.79 Å². The summed E-state index contributed by atoms with van der Waals surface area (Å²) in [6, 6.07) is 20.4. The predicted octanol–water partition coefficient (Wildman–Crippen LogP) is 5.58. The number of hydrogen-bond donors (Lipinski definition) is 2. The van der Waals surface area contributed by atoms with Gasteiger partial charge in [-0.1, -0.05) is 75.2 Å². The van der Waals surface area contributed by atoms with Crippen LogP contribution in [0.25, 0.3) is 0 Å². The minimum atomic E-state index is -0.430. The summed E-state index contributed by atoms with van der Waals surface area (Å²) in [5.41, 5.74) is 1.20. The number of ether oxygens (including phenoxy) is 1. The Labute approximate surface area is 170 Å². The fourth-order valence-corrected chi connectivity index (χ4v) is 2.95. The van der Waals surface area contributed by atoms with Gasteiger partial charge in [-0.05, 0) is 49.9 Å². The summed E-state index contributed by atoms with van der Waals surface area (Å²) in [7, 11) is 1.56. The molecule has 1 amide bonds. The third kappa shape index (κ3) is 11.4. The van der Waals surface area contributed by atoms with Gasteiger partial charge in [-0.2, -0.15) is 0 Å². The van der Waals surface area contributed by atoms with Crippen LogP contribution >= 0.6 is 0 Å². The monoisotopic (exact) mass is 384 g/mol. The Morgan fingerprint density at radius 1 is 0.964 bits per heavy atom. The van der Waals surface area contributed by atoms with E-state index in [4.69, 9.17) is 4.74 Å². The van der Waals surface area contributed by atoms with Gasteiger partial charge in [0, 0.05) is 13.1 Å². The Morgan fingerprint density at radius 2 is 1.57 bits per heavy atom. The van der Waals surface area contributed by atoms with Crippen LogP contribution in [0.3, 0.4) is 0 Å². The van der Waals surface area contributed by atoms with Crippen molar-refractivity contribution in [1.29, 1.82) is 0 Å². The average Bonchev–Trinajstić information content (AvgIpc) is 2.73. The lowest BCUT2D eigenvalue weighted by molar-refractivity contribution is 0.203. The van der Waals surface area contributed by atoms with Gasteiger partial charge in [0.1, 0.15) is 5.75 Å². The molecule has 2 aromatic carbocycles. The topological polar surface area (TPSA) is 50.4 Å². The minimum Gasteiger partial charge on any atom is -0.410 e. The Morgan fingerprint density at radius 3 is 2.11 bits per heavy atom.